The van der Waals surface area contributed by atoms with E-state index in [1.54, 1.807) is 17.0 Å². The number of aliphatic hydroxyl groups is 1. The zero-order valence-electron chi connectivity index (χ0n) is 16.0. The van der Waals surface area contributed by atoms with Crippen molar-refractivity contribution in [3.63, 3.8) is 0 Å². The van der Waals surface area contributed by atoms with E-state index in [9.17, 15) is 24.0 Å². The normalized spacial score (nSPS) is 20.6. The number of rotatable bonds is 5. The summed E-state index contributed by atoms with van der Waals surface area (Å²) in [5, 5.41) is 19.8. The van der Waals surface area contributed by atoms with Gasteiger partial charge in [-0.1, -0.05) is 0 Å². The molecule has 2 atom stereocenters. The molecule has 2 heterocycles. The molecule has 2 N–H and O–H groups in total. The number of nitrogens with zero attached hydrogens (tertiary/aromatic N) is 3. The Morgan fingerprint density at radius 3 is 2.59 bits per heavy atom. The van der Waals surface area contributed by atoms with Gasteiger partial charge in [0.25, 0.3) is 0 Å². The fourth-order valence-electron chi connectivity index (χ4n) is 3.41. The highest BCUT2D eigenvalue weighted by Gasteiger charge is 2.35. The molecule has 0 aromatic heterocycles. The van der Waals surface area contributed by atoms with Crippen molar-refractivity contribution in [1.82, 2.24) is 4.90 Å². The van der Waals surface area contributed by atoms with Crippen molar-refractivity contribution in [2.75, 3.05) is 55.7 Å². The molecule has 29 heavy (non-hydrogen) atoms. The van der Waals surface area contributed by atoms with Crippen LogP contribution in [0.4, 0.5) is 20.6 Å². The third kappa shape index (κ3) is 4.63. The van der Waals surface area contributed by atoms with Gasteiger partial charge in [-0.2, -0.15) is 0 Å². The van der Waals surface area contributed by atoms with Crippen LogP contribution in [0.5, 0.6) is 0 Å². The van der Waals surface area contributed by atoms with Crippen LogP contribution in [0.25, 0.3) is 0 Å². The van der Waals surface area contributed by atoms with E-state index in [0.717, 1.165) is 6.92 Å². The Balaban J connectivity index is 1.65. The molecule has 158 valence electrons. The van der Waals surface area contributed by atoms with Crippen molar-refractivity contribution in [3.05, 3.63) is 29.2 Å². The van der Waals surface area contributed by atoms with Gasteiger partial charge < -0.3 is 29.9 Å². The monoisotopic (exact) mass is 410 g/mol. The average Bonchev–Trinajstić information content (AvgIpc) is 3.07. The minimum Gasteiger partial charge on any atom is -0.627 e. The SMILES string of the molecule is CC(=O)[N@@H+]([O-])CC1CN(c2ccc(N3CCN(C(=O)CO)CC3)c(F)c2)C(=O)O1. The number of cyclic esters (lactones) is 1. The van der Waals surface area contributed by atoms with Crippen LogP contribution in [0.2, 0.25) is 0 Å². The molecule has 0 spiro atoms. The number of carbonyl (C=O) groups excluding carboxylic acids is 3. The van der Waals surface area contributed by atoms with Crippen LogP contribution in [0.15, 0.2) is 18.2 Å². The first-order chi connectivity index (χ1) is 13.8. The zero-order valence-corrected chi connectivity index (χ0v) is 16.0. The fraction of sp³-hybridized carbons (Fsp3) is 0.500. The lowest BCUT2D eigenvalue weighted by Crippen LogP contribution is -3.10. The van der Waals surface area contributed by atoms with Gasteiger partial charge in [-0.25, -0.2) is 14.0 Å². The van der Waals surface area contributed by atoms with Crippen LogP contribution in [0, 0.1) is 11.0 Å². The molecule has 0 bridgehead atoms. The molecule has 2 saturated heterocycles. The van der Waals surface area contributed by atoms with E-state index < -0.39 is 35.6 Å². The lowest BCUT2D eigenvalue weighted by atomic mass is 10.2. The van der Waals surface area contributed by atoms with E-state index in [0.29, 0.717) is 37.6 Å². The van der Waals surface area contributed by atoms with E-state index >= 15 is 0 Å². The fourth-order valence-corrected chi connectivity index (χ4v) is 3.41. The molecule has 1 aromatic rings. The highest BCUT2D eigenvalue weighted by Crippen LogP contribution is 2.28. The Morgan fingerprint density at radius 1 is 1.31 bits per heavy atom. The minimum absolute atomic E-state index is 0.0542. The lowest BCUT2D eigenvalue weighted by Gasteiger charge is -2.36. The second-order valence-corrected chi connectivity index (χ2v) is 6.96. The van der Waals surface area contributed by atoms with Crippen molar-refractivity contribution >= 4 is 29.3 Å². The second kappa shape index (κ2) is 8.72. The van der Waals surface area contributed by atoms with Gasteiger partial charge in [0.05, 0.1) is 24.8 Å². The average molecular weight is 410 g/mol. The van der Waals surface area contributed by atoms with E-state index in [-0.39, 0.29) is 19.0 Å². The number of quaternary nitrogens is 1. The summed E-state index contributed by atoms with van der Waals surface area (Å²) in [6.07, 6.45) is -1.45. The maximum Gasteiger partial charge on any atom is 0.414 e. The standard InChI is InChI=1S/C18H23FN4O6/c1-12(25)23(28)10-14-9-22(18(27)29-14)13-2-3-16(15(19)8-13)20-4-6-21(7-5-20)17(26)11-24/h2-3,8,14,23-24H,4-7,9-11H2,1H3. The molecule has 0 radical (unpaired) electrons. The van der Waals surface area contributed by atoms with Crippen LogP contribution in [0.3, 0.4) is 0 Å². The predicted octanol–water partition coefficient (Wildman–Crippen LogP) is -1.28. The van der Waals surface area contributed by atoms with Crippen LogP contribution in [-0.4, -0.2) is 79.9 Å². The zero-order chi connectivity index (χ0) is 21.1. The predicted molar refractivity (Wildman–Crippen MR) is 99.8 cm³/mol. The number of benzene rings is 1. The summed E-state index contributed by atoms with van der Waals surface area (Å²) in [6.45, 7) is 2.06. The summed E-state index contributed by atoms with van der Waals surface area (Å²) in [7, 11) is 0. The molecule has 1 aromatic carbocycles. The molecule has 0 saturated carbocycles. The van der Waals surface area contributed by atoms with Gasteiger partial charge in [0.2, 0.25) is 5.91 Å². The Kier molecular flexibility index (Phi) is 6.30. The first kappa shape index (κ1) is 21.0. The Labute approximate surface area is 166 Å². The molecular formula is C18H23FN4O6. The molecule has 0 aliphatic carbocycles. The Bertz CT molecular complexity index is 799. The number of halogens is 1. The molecule has 2 aliphatic rings. The summed E-state index contributed by atoms with van der Waals surface area (Å²) in [5.41, 5.74) is 0.642. The van der Waals surface area contributed by atoms with Gasteiger partial charge in [-0.3, -0.25) is 9.69 Å². The van der Waals surface area contributed by atoms with Crippen molar-refractivity contribution in [2.24, 2.45) is 0 Å². The van der Waals surface area contributed by atoms with E-state index in [2.05, 4.69) is 0 Å². The van der Waals surface area contributed by atoms with Crippen LogP contribution < -0.4 is 14.9 Å². The molecule has 3 rings (SSSR count). The van der Waals surface area contributed by atoms with Gasteiger partial charge >= 0.3 is 12.0 Å². The first-order valence-corrected chi connectivity index (χ1v) is 9.25. The molecule has 1 unspecified atom stereocenters. The quantitative estimate of drug-likeness (QED) is 0.581. The van der Waals surface area contributed by atoms with Gasteiger partial charge in [0.1, 0.15) is 19.0 Å². The van der Waals surface area contributed by atoms with Gasteiger partial charge in [-0.15, -0.1) is 0 Å². The van der Waals surface area contributed by atoms with Gasteiger partial charge in [0.15, 0.2) is 6.10 Å². The number of hydrogen-bond acceptors (Lipinski definition) is 7. The van der Waals surface area contributed by atoms with Gasteiger partial charge in [-0.05, 0) is 18.2 Å². The van der Waals surface area contributed by atoms with Gasteiger partial charge in [0, 0.05) is 26.2 Å². The highest BCUT2D eigenvalue weighted by molar-refractivity contribution is 5.90. The molecule has 2 aliphatic heterocycles. The molecule has 2 fully saturated rings. The minimum atomic E-state index is -0.751. The van der Waals surface area contributed by atoms with Crippen molar-refractivity contribution in [2.45, 2.75) is 13.0 Å². The number of hydrogen-bond donors (Lipinski definition) is 2. The number of carbonyl (C=O) groups is 3. The molecule has 11 heteroatoms. The van der Waals surface area contributed by atoms with E-state index in [4.69, 9.17) is 9.84 Å². The number of amides is 3. The van der Waals surface area contributed by atoms with Crippen molar-refractivity contribution in [1.29, 1.82) is 0 Å². The molecular weight excluding hydrogens is 387 g/mol. The maximum atomic E-state index is 14.7. The number of hydroxylamine groups is 2. The summed E-state index contributed by atoms with van der Waals surface area (Å²) in [6, 6.07) is 4.35. The van der Waals surface area contributed by atoms with Crippen LogP contribution in [-0.2, 0) is 14.3 Å². The summed E-state index contributed by atoms with van der Waals surface area (Å²) < 4.78 is 19.8. The van der Waals surface area contributed by atoms with Crippen LogP contribution in [0.1, 0.15) is 6.92 Å². The highest BCUT2D eigenvalue weighted by atomic mass is 19.1. The first-order valence-electron chi connectivity index (χ1n) is 9.25. The lowest BCUT2D eigenvalue weighted by molar-refractivity contribution is -0.768. The summed E-state index contributed by atoms with van der Waals surface area (Å²) >= 11 is 0. The van der Waals surface area contributed by atoms with Crippen molar-refractivity contribution in [3.8, 4) is 0 Å². The number of piperazine rings is 1. The third-order valence-electron chi connectivity index (χ3n) is 5.03. The number of nitrogens with one attached hydrogen (secondary N) is 1. The molecule has 10 nitrogen and oxygen atoms in total. The second-order valence-electron chi connectivity index (χ2n) is 6.96. The Hall–Kier alpha value is -2.76. The Morgan fingerprint density at radius 2 is 2.00 bits per heavy atom. The largest absolute Gasteiger partial charge is 0.627 e. The smallest absolute Gasteiger partial charge is 0.414 e. The maximum absolute atomic E-state index is 14.7. The third-order valence-corrected chi connectivity index (χ3v) is 5.03. The topological polar surface area (TPSA) is 118 Å². The summed E-state index contributed by atoms with van der Waals surface area (Å²) in [5.74, 6) is -1.48. The number of aliphatic hydroxyl groups excluding tert-OH is 1. The van der Waals surface area contributed by atoms with E-state index in [1.807, 2.05) is 0 Å². The van der Waals surface area contributed by atoms with Crippen molar-refractivity contribution < 1.29 is 33.7 Å². The number of anilines is 2. The molecule has 3 amide bonds. The van der Waals surface area contributed by atoms with E-state index in [1.165, 1.54) is 15.9 Å². The summed E-state index contributed by atoms with van der Waals surface area (Å²) in [4.78, 5) is 39.2. The van der Waals surface area contributed by atoms with Crippen LogP contribution >= 0.6 is 0 Å². The number of ether oxygens (including phenoxy) is 1.